The van der Waals surface area contributed by atoms with Gasteiger partial charge in [0.15, 0.2) is 0 Å². The highest BCUT2D eigenvalue weighted by Gasteiger charge is 2.40. The zero-order valence-electron chi connectivity index (χ0n) is 15.9. The molecule has 3 saturated heterocycles. The van der Waals surface area contributed by atoms with Crippen molar-refractivity contribution in [3.05, 3.63) is 54.1 Å². The van der Waals surface area contributed by atoms with Gasteiger partial charge in [0, 0.05) is 31.2 Å². The van der Waals surface area contributed by atoms with Crippen LogP contribution in [-0.4, -0.2) is 57.5 Å². The molecule has 28 heavy (non-hydrogen) atoms. The SMILES string of the molecule is O=C1c2cccc3nc(-c4ccccc4)n(c23)CCN1[C@@H]1CN2CCC1CC2. The van der Waals surface area contributed by atoms with Crippen LogP contribution >= 0.6 is 0 Å². The van der Waals surface area contributed by atoms with Crippen molar-refractivity contribution in [2.75, 3.05) is 26.2 Å². The van der Waals surface area contributed by atoms with Gasteiger partial charge in [0.25, 0.3) is 5.91 Å². The van der Waals surface area contributed by atoms with E-state index in [4.69, 9.17) is 4.98 Å². The van der Waals surface area contributed by atoms with Crippen LogP contribution in [0.3, 0.4) is 0 Å². The predicted octanol–water partition coefficient (Wildman–Crippen LogP) is 3.25. The number of hydrogen-bond acceptors (Lipinski definition) is 3. The van der Waals surface area contributed by atoms with Crippen LogP contribution in [0.15, 0.2) is 48.5 Å². The number of aromatic nitrogens is 2. The van der Waals surface area contributed by atoms with Crippen LogP contribution < -0.4 is 0 Å². The number of hydrogen-bond donors (Lipinski definition) is 0. The molecule has 0 radical (unpaired) electrons. The second-order valence-corrected chi connectivity index (χ2v) is 8.33. The number of piperidine rings is 3. The maximum absolute atomic E-state index is 13.6. The molecule has 7 rings (SSSR count). The van der Waals surface area contributed by atoms with Gasteiger partial charge in [-0.2, -0.15) is 0 Å². The highest BCUT2D eigenvalue weighted by Crippen LogP contribution is 2.35. The summed E-state index contributed by atoms with van der Waals surface area (Å²) in [6, 6.07) is 16.7. The van der Waals surface area contributed by atoms with Crippen molar-refractivity contribution in [2.24, 2.45) is 5.92 Å². The summed E-state index contributed by atoms with van der Waals surface area (Å²) in [4.78, 5) is 23.2. The van der Waals surface area contributed by atoms with Crippen LogP contribution in [0, 0.1) is 5.92 Å². The summed E-state index contributed by atoms with van der Waals surface area (Å²) in [6.45, 7) is 4.98. The summed E-state index contributed by atoms with van der Waals surface area (Å²) in [5.74, 6) is 1.80. The number of carbonyl (C=O) groups is 1. The standard InChI is InChI=1S/C23H24N4O/c28-23-18-7-4-8-19-21(18)27(22(24-19)17-5-2-1-3-6-17)14-13-26(23)20-15-25-11-9-16(20)10-12-25/h1-8,16,20H,9-15H2/t20-/m1/s1. The van der Waals surface area contributed by atoms with E-state index in [0.717, 1.165) is 47.6 Å². The Labute approximate surface area is 164 Å². The number of carbonyl (C=O) groups excluding carboxylic acids is 1. The zero-order chi connectivity index (χ0) is 18.7. The molecule has 3 aromatic rings. The molecule has 142 valence electrons. The van der Waals surface area contributed by atoms with E-state index in [9.17, 15) is 4.79 Å². The Kier molecular flexibility index (Phi) is 3.60. The maximum Gasteiger partial charge on any atom is 0.256 e. The van der Waals surface area contributed by atoms with Gasteiger partial charge in [-0.3, -0.25) is 4.79 Å². The predicted molar refractivity (Wildman–Crippen MR) is 109 cm³/mol. The van der Waals surface area contributed by atoms with Crippen LogP contribution in [0.1, 0.15) is 23.2 Å². The fourth-order valence-electron chi connectivity index (χ4n) is 5.45. The van der Waals surface area contributed by atoms with Crippen molar-refractivity contribution in [2.45, 2.75) is 25.4 Å². The Bertz CT molecular complexity index is 1050. The number of nitrogens with zero attached hydrogens (tertiary/aromatic N) is 4. The molecule has 2 bridgehead atoms. The summed E-state index contributed by atoms with van der Waals surface area (Å²) >= 11 is 0. The van der Waals surface area contributed by atoms with E-state index in [2.05, 4.69) is 26.5 Å². The van der Waals surface area contributed by atoms with Gasteiger partial charge >= 0.3 is 0 Å². The van der Waals surface area contributed by atoms with E-state index < -0.39 is 0 Å². The summed E-state index contributed by atoms with van der Waals surface area (Å²) in [5.41, 5.74) is 3.82. The van der Waals surface area contributed by atoms with Crippen molar-refractivity contribution in [1.82, 2.24) is 19.4 Å². The van der Waals surface area contributed by atoms with Gasteiger partial charge in [-0.25, -0.2) is 4.98 Å². The lowest BCUT2D eigenvalue weighted by molar-refractivity contribution is 0.00728. The van der Waals surface area contributed by atoms with Crippen molar-refractivity contribution in [3.8, 4) is 11.4 Å². The third-order valence-corrected chi connectivity index (χ3v) is 6.88. The average Bonchev–Trinajstić information content (AvgIpc) is 3.06. The number of amides is 1. The molecule has 0 unspecified atom stereocenters. The Balaban J connectivity index is 1.46. The molecule has 4 aliphatic rings. The first-order chi connectivity index (χ1) is 13.8. The van der Waals surface area contributed by atoms with E-state index >= 15 is 0 Å². The molecule has 0 spiro atoms. The number of fused-ring (bicyclic) bond motifs is 3. The lowest BCUT2D eigenvalue weighted by Gasteiger charge is -2.48. The maximum atomic E-state index is 13.6. The van der Waals surface area contributed by atoms with Crippen LogP contribution in [-0.2, 0) is 6.54 Å². The smallest absolute Gasteiger partial charge is 0.256 e. The zero-order valence-corrected chi connectivity index (χ0v) is 15.9. The van der Waals surface area contributed by atoms with Crippen LogP contribution in [0.5, 0.6) is 0 Å². The molecule has 0 aliphatic carbocycles. The highest BCUT2D eigenvalue weighted by atomic mass is 16.2. The van der Waals surface area contributed by atoms with Gasteiger partial charge in [-0.1, -0.05) is 36.4 Å². The number of rotatable bonds is 2. The van der Waals surface area contributed by atoms with E-state index in [-0.39, 0.29) is 5.91 Å². The normalized spacial score (nSPS) is 26.6. The molecule has 0 saturated carbocycles. The fraction of sp³-hybridized carbons (Fsp3) is 0.391. The van der Waals surface area contributed by atoms with E-state index in [0.29, 0.717) is 12.0 Å². The number of benzene rings is 2. The topological polar surface area (TPSA) is 41.4 Å². The average molecular weight is 372 g/mol. The number of imidazole rings is 1. The molecule has 1 atom stereocenters. The molecular weight excluding hydrogens is 348 g/mol. The minimum Gasteiger partial charge on any atom is -0.332 e. The lowest BCUT2D eigenvalue weighted by Crippen LogP contribution is -2.58. The van der Waals surface area contributed by atoms with Gasteiger partial charge in [0.05, 0.1) is 16.6 Å². The first-order valence-electron chi connectivity index (χ1n) is 10.4. The van der Waals surface area contributed by atoms with E-state index in [1.165, 1.54) is 25.9 Å². The van der Waals surface area contributed by atoms with Gasteiger partial charge in [-0.05, 0) is 44.0 Å². The fourth-order valence-corrected chi connectivity index (χ4v) is 5.45. The molecule has 0 N–H and O–H groups in total. The molecule has 5 heteroatoms. The molecule has 3 fully saturated rings. The second-order valence-electron chi connectivity index (χ2n) is 8.33. The van der Waals surface area contributed by atoms with E-state index in [1.807, 2.05) is 36.4 Å². The minimum absolute atomic E-state index is 0.183. The summed E-state index contributed by atoms with van der Waals surface area (Å²) in [6.07, 6.45) is 2.45. The molecule has 5 heterocycles. The van der Waals surface area contributed by atoms with Crippen molar-refractivity contribution < 1.29 is 4.79 Å². The van der Waals surface area contributed by atoms with Crippen LogP contribution in [0.2, 0.25) is 0 Å². The Hall–Kier alpha value is -2.66. The van der Waals surface area contributed by atoms with Crippen molar-refractivity contribution >= 4 is 16.9 Å². The summed E-state index contributed by atoms with van der Waals surface area (Å²) in [5, 5.41) is 0. The van der Waals surface area contributed by atoms with Gasteiger partial charge in [-0.15, -0.1) is 0 Å². The summed E-state index contributed by atoms with van der Waals surface area (Å²) < 4.78 is 2.26. The molecule has 1 aromatic heterocycles. The Morgan fingerprint density at radius 3 is 2.46 bits per heavy atom. The third-order valence-electron chi connectivity index (χ3n) is 6.88. The number of para-hydroxylation sites is 1. The Morgan fingerprint density at radius 1 is 0.893 bits per heavy atom. The molecule has 5 nitrogen and oxygen atoms in total. The monoisotopic (exact) mass is 372 g/mol. The first kappa shape index (κ1) is 16.3. The van der Waals surface area contributed by atoms with Crippen molar-refractivity contribution in [1.29, 1.82) is 0 Å². The van der Waals surface area contributed by atoms with Gasteiger partial charge in [0.1, 0.15) is 5.82 Å². The minimum atomic E-state index is 0.183. The van der Waals surface area contributed by atoms with E-state index in [1.54, 1.807) is 0 Å². The largest absolute Gasteiger partial charge is 0.332 e. The summed E-state index contributed by atoms with van der Waals surface area (Å²) in [7, 11) is 0. The third kappa shape index (κ3) is 2.35. The highest BCUT2D eigenvalue weighted by molar-refractivity contribution is 6.06. The Morgan fingerprint density at radius 2 is 1.71 bits per heavy atom. The van der Waals surface area contributed by atoms with Gasteiger partial charge in [0.2, 0.25) is 0 Å². The molecular formula is C23H24N4O. The first-order valence-corrected chi connectivity index (χ1v) is 10.4. The second kappa shape index (κ2) is 6.17. The van der Waals surface area contributed by atoms with Crippen molar-refractivity contribution in [3.63, 3.8) is 0 Å². The molecule has 4 aliphatic heterocycles. The molecule has 2 aromatic carbocycles. The lowest BCUT2D eigenvalue weighted by atomic mass is 9.83. The van der Waals surface area contributed by atoms with Gasteiger partial charge < -0.3 is 14.4 Å². The molecule has 1 amide bonds. The van der Waals surface area contributed by atoms with Crippen LogP contribution in [0.4, 0.5) is 0 Å². The van der Waals surface area contributed by atoms with Crippen LogP contribution in [0.25, 0.3) is 22.4 Å². The quantitative estimate of drug-likeness (QED) is 0.693.